The van der Waals surface area contributed by atoms with Crippen molar-refractivity contribution < 1.29 is 5.11 Å². The summed E-state index contributed by atoms with van der Waals surface area (Å²) < 4.78 is 0. The molecule has 1 rings (SSSR count). The maximum absolute atomic E-state index is 9.21. The Morgan fingerprint density at radius 3 is 2.79 bits per heavy atom. The average Bonchev–Trinajstić information content (AvgIpc) is 2.18. The molecule has 78 valence electrons. The number of hydrogen-bond acceptors (Lipinski definition) is 4. The van der Waals surface area contributed by atoms with Crippen molar-refractivity contribution in [3.63, 3.8) is 0 Å². The monoisotopic (exact) mass is 195 g/mol. The molecule has 1 unspecified atom stereocenters. The Bertz CT molecular complexity index is 297. The molecular weight excluding hydrogens is 178 g/mol. The lowest BCUT2D eigenvalue weighted by Crippen LogP contribution is -2.38. The second-order valence-corrected chi connectivity index (χ2v) is 3.69. The minimum absolute atomic E-state index is 0.0898. The van der Waals surface area contributed by atoms with Crippen molar-refractivity contribution in [2.24, 2.45) is 0 Å². The minimum atomic E-state index is -0.305. The molecule has 0 saturated carbocycles. The number of aromatic nitrogens is 2. The molecule has 0 saturated heterocycles. The summed E-state index contributed by atoms with van der Waals surface area (Å²) in [5, 5.41) is 12.4. The van der Waals surface area contributed by atoms with Gasteiger partial charge in [0, 0.05) is 6.20 Å². The van der Waals surface area contributed by atoms with E-state index in [1.165, 1.54) is 0 Å². The zero-order valence-electron chi connectivity index (χ0n) is 8.91. The number of aryl methyl sites for hydroxylation is 1. The first-order valence-corrected chi connectivity index (χ1v) is 4.78. The Kier molecular flexibility index (Phi) is 3.41. The van der Waals surface area contributed by atoms with E-state index in [9.17, 15) is 5.11 Å². The van der Waals surface area contributed by atoms with Crippen molar-refractivity contribution in [3.05, 3.63) is 18.1 Å². The first kappa shape index (κ1) is 10.9. The van der Waals surface area contributed by atoms with Crippen molar-refractivity contribution in [2.45, 2.75) is 32.7 Å². The third-order valence-corrected chi connectivity index (χ3v) is 2.34. The van der Waals surface area contributed by atoms with Crippen LogP contribution in [0.5, 0.6) is 0 Å². The van der Waals surface area contributed by atoms with Crippen LogP contribution in [0.25, 0.3) is 0 Å². The van der Waals surface area contributed by atoms with Gasteiger partial charge in [0.1, 0.15) is 11.6 Å². The molecule has 0 aliphatic carbocycles. The van der Waals surface area contributed by atoms with Gasteiger partial charge < -0.3 is 10.4 Å². The van der Waals surface area contributed by atoms with E-state index < -0.39 is 0 Å². The van der Waals surface area contributed by atoms with Crippen LogP contribution in [-0.4, -0.2) is 27.2 Å². The predicted octanol–water partition coefficient (Wildman–Crippen LogP) is 1.36. The highest BCUT2D eigenvalue weighted by molar-refractivity contribution is 5.36. The molecule has 0 aliphatic rings. The molecule has 2 N–H and O–H groups in total. The summed E-state index contributed by atoms with van der Waals surface area (Å²) >= 11 is 0. The molecule has 0 spiro atoms. The molecule has 1 atom stereocenters. The summed E-state index contributed by atoms with van der Waals surface area (Å²) in [4.78, 5) is 8.23. The standard InChI is InChI=1S/C10H17N3O/c1-4-10(3,7-14)13-9-5-6-11-8(2)12-9/h5-6,14H,4,7H2,1-3H3,(H,11,12,13). The Morgan fingerprint density at radius 1 is 1.57 bits per heavy atom. The van der Waals surface area contributed by atoms with E-state index in [2.05, 4.69) is 15.3 Å². The van der Waals surface area contributed by atoms with E-state index >= 15 is 0 Å². The summed E-state index contributed by atoms with van der Waals surface area (Å²) in [7, 11) is 0. The highest BCUT2D eigenvalue weighted by Gasteiger charge is 2.20. The lowest BCUT2D eigenvalue weighted by atomic mass is 10.0. The quantitative estimate of drug-likeness (QED) is 0.761. The fourth-order valence-electron chi connectivity index (χ4n) is 1.07. The number of hydrogen-bond donors (Lipinski definition) is 2. The van der Waals surface area contributed by atoms with Crippen LogP contribution in [-0.2, 0) is 0 Å². The number of aliphatic hydroxyl groups excluding tert-OH is 1. The number of nitrogens with one attached hydrogen (secondary N) is 1. The van der Waals surface area contributed by atoms with E-state index in [4.69, 9.17) is 0 Å². The largest absolute Gasteiger partial charge is 0.394 e. The normalized spacial score (nSPS) is 14.9. The van der Waals surface area contributed by atoms with Crippen LogP contribution >= 0.6 is 0 Å². The van der Waals surface area contributed by atoms with E-state index in [0.717, 1.165) is 18.1 Å². The lowest BCUT2D eigenvalue weighted by Gasteiger charge is -2.27. The van der Waals surface area contributed by atoms with Crippen molar-refractivity contribution in [1.82, 2.24) is 9.97 Å². The highest BCUT2D eigenvalue weighted by atomic mass is 16.3. The van der Waals surface area contributed by atoms with Crippen LogP contribution in [0.3, 0.4) is 0 Å². The lowest BCUT2D eigenvalue weighted by molar-refractivity contribution is 0.218. The predicted molar refractivity (Wildman–Crippen MR) is 56.2 cm³/mol. The van der Waals surface area contributed by atoms with E-state index in [0.29, 0.717) is 0 Å². The molecule has 14 heavy (non-hydrogen) atoms. The van der Waals surface area contributed by atoms with Gasteiger partial charge in [-0.15, -0.1) is 0 Å². The molecule has 0 amide bonds. The van der Waals surface area contributed by atoms with Crippen LogP contribution in [0.4, 0.5) is 5.82 Å². The molecular formula is C10H17N3O. The summed E-state index contributed by atoms with van der Waals surface area (Å²) in [5.41, 5.74) is -0.305. The molecule has 0 fully saturated rings. The zero-order chi connectivity index (χ0) is 10.6. The average molecular weight is 195 g/mol. The van der Waals surface area contributed by atoms with Gasteiger partial charge in [-0.3, -0.25) is 0 Å². The van der Waals surface area contributed by atoms with Crippen LogP contribution in [0.15, 0.2) is 12.3 Å². The fourth-order valence-corrected chi connectivity index (χ4v) is 1.07. The van der Waals surface area contributed by atoms with Gasteiger partial charge in [-0.2, -0.15) is 0 Å². The molecule has 4 heteroatoms. The summed E-state index contributed by atoms with van der Waals surface area (Å²) in [5.74, 6) is 1.49. The number of anilines is 1. The molecule has 0 bridgehead atoms. The summed E-state index contributed by atoms with van der Waals surface area (Å²) in [6.07, 6.45) is 2.55. The molecule has 4 nitrogen and oxygen atoms in total. The van der Waals surface area contributed by atoms with Gasteiger partial charge >= 0.3 is 0 Å². The van der Waals surface area contributed by atoms with Gasteiger partial charge in [0.2, 0.25) is 0 Å². The van der Waals surface area contributed by atoms with Crippen molar-refractivity contribution in [2.75, 3.05) is 11.9 Å². The maximum Gasteiger partial charge on any atom is 0.130 e. The van der Waals surface area contributed by atoms with Gasteiger partial charge in [0.25, 0.3) is 0 Å². The van der Waals surface area contributed by atoms with Crippen molar-refractivity contribution >= 4 is 5.82 Å². The van der Waals surface area contributed by atoms with E-state index in [-0.39, 0.29) is 12.1 Å². The Morgan fingerprint density at radius 2 is 2.29 bits per heavy atom. The summed E-state index contributed by atoms with van der Waals surface area (Å²) in [6, 6.07) is 1.80. The molecule has 0 aromatic carbocycles. The number of aliphatic hydroxyl groups is 1. The fraction of sp³-hybridized carbons (Fsp3) is 0.600. The molecule has 1 aromatic heterocycles. The maximum atomic E-state index is 9.21. The summed E-state index contributed by atoms with van der Waals surface area (Å²) in [6.45, 7) is 5.92. The second-order valence-electron chi connectivity index (χ2n) is 3.69. The Labute approximate surface area is 84.4 Å². The molecule has 0 aliphatic heterocycles. The molecule has 1 aromatic rings. The third-order valence-electron chi connectivity index (χ3n) is 2.34. The zero-order valence-corrected chi connectivity index (χ0v) is 8.91. The van der Waals surface area contributed by atoms with Gasteiger partial charge in [0.15, 0.2) is 0 Å². The van der Waals surface area contributed by atoms with E-state index in [1.54, 1.807) is 12.3 Å². The Hall–Kier alpha value is -1.16. The van der Waals surface area contributed by atoms with E-state index in [1.807, 2.05) is 20.8 Å². The minimum Gasteiger partial charge on any atom is -0.394 e. The van der Waals surface area contributed by atoms with Crippen molar-refractivity contribution in [1.29, 1.82) is 0 Å². The molecule has 1 heterocycles. The second kappa shape index (κ2) is 4.37. The third kappa shape index (κ3) is 2.67. The number of nitrogens with zero attached hydrogens (tertiary/aromatic N) is 2. The van der Waals surface area contributed by atoms with Gasteiger partial charge in [-0.1, -0.05) is 6.92 Å². The van der Waals surface area contributed by atoms with Crippen LogP contribution < -0.4 is 5.32 Å². The topological polar surface area (TPSA) is 58.0 Å². The highest BCUT2D eigenvalue weighted by Crippen LogP contribution is 2.15. The molecule has 0 radical (unpaired) electrons. The van der Waals surface area contributed by atoms with Gasteiger partial charge in [-0.25, -0.2) is 9.97 Å². The van der Waals surface area contributed by atoms with Gasteiger partial charge in [-0.05, 0) is 26.3 Å². The van der Waals surface area contributed by atoms with Crippen LogP contribution in [0.2, 0.25) is 0 Å². The number of rotatable bonds is 4. The van der Waals surface area contributed by atoms with Crippen molar-refractivity contribution in [3.8, 4) is 0 Å². The SMILES string of the molecule is CCC(C)(CO)Nc1ccnc(C)n1. The van der Waals surface area contributed by atoms with Crippen LogP contribution in [0, 0.1) is 6.92 Å². The first-order chi connectivity index (χ1) is 6.59. The first-order valence-electron chi connectivity index (χ1n) is 4.78. The smallest absolute Gasteiger partial charge is 0.130 e. The van der Waals surface area contributed by atoms with Crippen LogP contribution in [0.1, 0.15) is 26.1 Å². The van der Waals surface area contributed by atoms with Gasteiger partial charge in [0.05, 0.1) is 12.1 Å². The Balaban J connectivity index is 2.77.